The summed E-state index contributed by atoms with van der Waals surface area (Å²) in [5.74, 6) is -0.357. The number of carbonyl (C=O) groups excluding carboxylic acids is 3. The number of rotatable bonds is 9. The van der Waals surface area contributed by atoms with Gasteiger partial charge in [0.25, 0.3) is 0 Å². The largest absolute Gasteiger partial charge is 0.496 e. The highest BCUT2D eigenvalue weighted by atomic mass is 32.2. The summed E-state index contributed by atoms with van der Waals surface area (Å²) in [5.41, 5.74) is 1.16. The van der Waals surface area contributed by atoms with Gasteiger partial charge in [-0.3, -0.25) is 14.5 Å². The zero-order chi connectivity index (χ0) is 42.5. The molecule has 6 heterocycles. The Kier molecular flexibility index (Phi) is 9.95. The molecule has 0 radical (unpaired) electrons. The monoisotopic (exact) mass is 838 g/mol. The van der Waals surface area contributed by atoms with E-state index in [1.165, 1.54) is 31.6 Å². The maximum Gasteiger partial charge on any atom is 0.344 e. The molecule has 2 bridgehead atoms. The minimum Gasteiger partial charge on any atom is -0.496 e. The fraction of sp³-hybridized carbons (Fsp3) is 0.553. The van der Waals surface area contributed by atoms with Crippen molar-refractivity contribution in [3.8, 4) is 5.75 Å². The van der Waals surface area contributed by atoms with Crippen LogP contribution in [0, 0.1) is 11.3 Å². The lowest BCUT2D eigenvalue weighted by molar-refractivity contribution is -0.235. The third kappa shape index (κ3) is 5.33. The predicted molar refractivity (Wildman–Crippen MR) is 230 cm³/mol. The standard InChI is InChI=1S/C47H58N4O8S/c1-9-28-19-29-23-46(42(53)57-7,38-32(26-50(24-28)25-29)31-20-30(60-11-3)13-14-35(31)48-38)34-21-33-36(22-37(34)56-6)49(5)40-45(33)16-18-51-17-12-15-44(10-2,39(45)51)41(59-27(4)52)47(40,55)43(54)58-8/h12-14,17,19-22,29,39-41,48,55H,9-11,15-16,18,23-26H2,1-8H3/t29-,39+,40-,41-,44-,45-,46+,47+/m1/s1. The number of benzene rings is 2. The van der Waals surface area contributed by atoms with Crippen molar-refractivity contribution in [3.63, 3.8) is 0 Å². The maximum atomic E-state index is 15.3. The van der Waals surface area contributed by atoms with Gasteiger partial charge in [0.15, 0.2) is 6.10 Å². The summed E-state index contributed by atoms with van der Waals surface area (Å²) in [4.78, 5) is 54.6. The van der Waals surface area contributed by atoms with Crippen molar-refractivity contribution in [3.05, 3.63) is 76.6 Å². The van der Waals surface area contributed by atoms with Crippen LogP contribution in [0.5, 0.6) is 5.75 Å². The lowest BCUT2D eigenvalue weighted by Gasteiger charge is -2.64. The SMILES string of the molecule is CCSc1ccc2[nH]c3c(c2c1)CN1CC(CC)=C[C@@H](C1)C[C@]3(C(=O)OC)c1cc2c(cc1OC)N(C)[C@H]1[C@@](O)(C(=O)OC)[C@H](OC(C)=O)[C@]3(CC)CC=CN4CC[C@]21[C@@H]43. The number of allylic oxidation sites excluding steroid dienone is 1. The minimum absolute atomic E-state index is 0.0203. The van der Waals surface area contributed by atoms with E-state index in [1.807, 2.05) is 24.9 Å². The molecule has 2 fully saturated rings. The fourth-order valence-electron chi connectivity index (χ4n) is 13.2. The molecule has 1 aromatic heterocycles. The summed E-state index contributed by atoms with van der Waals surface area (Å²) in [6, 6.07) is 9.46. The lowest BCUT2D eigenvalue weighted by Crippen LogP contribution is -2.81. The molecule has 1 saturated carbocycles. The van der Waals surface area contributed by atoms with E-state index >= 15 is 4.79 Å². The van der Waals surface area contributed by atoms with Crippen molar-refractivity contribution in [1.29, 1.82) is 0 Å². The van der Waals surface area contributed by atoms with E-state index in [-0.39, 0.29) is 17.9 Å². The van der Waals surface area contributed by atoms with Crippen LogP contribution < -0.4 is 9.64 Å². The number of anilines is 1. The van der Waals surface area contributed by atoms with Gasteiger partial charge in [-0.05, 0) is 85.4 Å². The van der Waals surface area contributed by atoms with E-state index < -0.39 is 45.9 Å². The molecule has 12 nitrogen and oxygen atoms in total. The number of likely N-dealkylation sites (N-methyl/N-ethyl adjacent to an activating group) is 1. The van der Waals surface area contributed by atoms with E-state index in [1.54, 1.807) is 18.9 Å². The Morgan fingerprint density at radius 3 is 2.47 bits per heavy atom. The molecule has 5 aliphatic heterocycles. The average molecular weight is 839 g/mol. The second-order valence-corrected chi connectivity index (χ2v) is 19.2. The molecule has 9 rings (SSSR count). The fourth-order valence-corrected chi connectivity index (χ4v) is 13.9. The Morgan fingerprint density at radius 2 is 1.78 bits per heavy atom. The molecule has 9 atom stereocenters. The van der Waals surface area contributed by atoms with Gasteiger partial charge >= 0.3 is 17.9 Å². The van der Waals surface area contributed by atoms with E-state index in [9.17, 15) is 14.7 Å². The van der Waals surface area contributed by atoms with Crippen molar-refractivity contribution in [2.45, 2.75) is 106 Å². The normalized spacial score (nSPS) is 33.5. The number of methoxy groups -OCH3 is 3. The Bertz CT molecular complexity index is 2340. The summed E-state index contributed by atoms with van der Waals surface area (Å²) < 4.78 is 24.1. The molecule has 1 spiro atoms. The van der Waals surface area contributed by atoms with Crippen LogP contribution in [0.15, 0.2) is 59.2 Å². The molecule has 2 aromatic carbocycles. The number of nitrogens with zero attached hydrogens (tertiary/aromatic N) is 3. The quantitative estimate of drug-likeness (QED) is 0.110. The number of carbonyl (C=O) groups is 3. The van der Waals surface area contributed by atoms with Crippen molar-refractivity contribution >= 4 is 46.3 Å². The van der Waals surface area contributed by atoms with Crippen molar-refractivity contribution in [2.75, 3.05) is 58.7 Å². The number of nitrogens with one attached hydrogen (secondary N) is 1. The van der Waals surface area contributed by atoms with Crippen LogP contribution in [-0.2, 0) is 46.0 Å². The van der Waals surface area contributed by atoms with Gasteiger partial charge in [0.1, 0.15) is 11.2 Å². The number of thioether (sulfide) groups is 1. The number of aromatic nitrogens is 1. The first-order valence-electron chi connectivity index (χ1n) is 21.5. The molecule has 1 saturated heterocycles. The molecular formula is C47H58N4O8S. The summed E-state index contributed by atoms with van der Waals surface area (Å²) in [7, 11) is 6.26. The third-order valence-corrected chi connectivity index (χ3v) is 16.1. The zero-order valence-electron chi connectivity index (χ0n) is 36.1. The van der Waals surface area contributed by atoms with Crippen molar-refractivity contribution < 1.29 is 38.4 Å². The van der Waals surface area contributed by atoms with Gasteiger partial charge < -0.3 is 38.8 Å². The molecule has 0 amide bonds. The minimum atomic E-state index is -2.26. The number of esters is 3. The maximum absolute atomic E-state index is 15.3. The number of hydrogen-bond acceptors (Lipinski definition) is 12. The number of hydrogen-bond donors (Lipinski definition) is 2. The first kappa shape index (κ1) is 40.9. The Labute approximate surface area is 356 Å². The number of ether oxygens (including phenoxy) is 4. The van der Waals surface area contributed by atoms with Crippen LogP contribution in [0.2, 0.25) is 0 Å². The Hall–Kier alpha value is -4.46. The average Bonchev–Trinajstić information content (AvgIpc) is 3.89. The number of aliphatic hydroxyl groups is 1. The molecule has 1 unspecified atom stereocenters. The van der Waals surface area contributed by atoms with E-state index in [0.29, 0.717) is 50.1 Å². The highest BCUT2D eigenvalue weighted by Gasteiger charge is 2.80. The van der Waals surface area contributed by atoms with Gasteiger partial charge in [-0.25, -0.2) is 4.79 Å². The van der Waals surface area contributed by atoms with E-state index in [2.05, 4.69) is 71.2 Å². The highest BCUT2D eigenvalue weighted by Crippen LogP contribution is 2.69. The van der Waals surface area contributed by atoms with Gasteiger partial charge in [-0.1, -0.05) is 38.5 Å². The van der Waals surface area contributed by atoms with Crippen LogP contribution in [-0.4, -0.2) is 115 Å². The van der Waals surface area contributed by atoms with Crippen LogP contribution in [0.25, 0.3) is 10.9 Å². The molecule has 6 aliphatic rings. The third-order valence-electron chi connectivity index (χ3n) is 15.2. The molecule has 60 heavy (non-hydrogen) atoms. The topological polar surface area (TPSA) is 134 Å². The van der Waals surface area contributed by atoms with E-state index in [0.717, 1.165) is 58.7 Å². The smallest absolute Gasteiger partial charge is 0.344 e. The number of fused-ring (bicyclic) bond motifs is 6. The van der Waals surface area contributed by atoms with Crippen molar-refractivity contribution in [2.24, 2.45) is 11.3 Å². The van der Waals surface area contributed by atoms with Gasteiger partial charge in [0.2, 0.25) is 5.60 Å². The van der Waals surface area contributed by atoms with Crippen LogP contribution >= 0.6 is 11.8 Å². The molecular weight excluding hydrogens is 781 g/mol. The van der Waals surface area contributed by atoms with Gasteiger partial charge in [0.05, 0.1) is 27.4 Å². The predicted octanol–water partition coefficient (Wildman–Crippen LogP) is 6.21. The number of aromatic amines is 1. The van der Waals surface area contributed by atoms with Crippen LogP contribution in [0.3, 0.4) is 0 Å². The first-order chi connectivity index (χ1) is 28.8. The molecule has 2 N–H and O–H groups in total. The lowest BCUT2D eigenvalue weighted by atomic mass is 9.47. The summed E-state index contributed by atoms with van der Waals surface area (Å²) in [6.45, 7) is 10.7. The van der Waals surface area contributed by atoms with Crippen molar-refractivity contribution in [1.82, 2.24) is 14.8 Å². The van der Waals surface area contributed by atoms with Crippen LogP contribution in [0.4, 0.5) is 5.69 Å². The second-order valence-electron chi connectivity index (χ2n) is 17.8. The van der Waals surface area contributed by atoms with E-state index in [4.69, 9.17) is 18.9 Å². The highest BCUT2D eigenvalue weighted by molar-refractivity contribution is 7.99. The van der Waals surface area contributed by atoms with Crippen LogP contribution in [0.1, 0.15) is 82.2 Å². The molecule has 3 aromatic rings. The van der Waals surface area contributed by atoms with Gasteiger partial charge in [0, 0.05) is 95.8 Å². The molecule has 320 valence electrons. The summed E-state index contributed by atoms with van der Waals surface area (Å²) in [5, 5.41) is 14.4. The summed E-state index contributed by atoms with van der Waals surface area (Å²) in [6.07, 6.45) is 8.27. The zero-order valence-corrected chi connectivity index (χ0v) is 36.9. The van der Waals surface area contributed by atoms with Gasteiger partial charge in [-0.15, -0.1) is 11.8 Å². The first-order valence-corrected chi connectivity index (χ1v) is 22.5. The summed E-state index contributed by atoms with van der Waals surface area (Å²) >= 11 is 1.79. The molecule has 13 heteroatoms. The number of H-pyrrole nitrogens is 1. The second kappa shape index (κ2) is 14.6. The molecule has 1 aliphatic carbocycles. The Balaban J connectivity index is 1.37. The Morgan fingerprint density at radius 1 is 1.00 bits per heavy atom. The van der Waals surface area contributed by atoms with Gasteiger partial charge in [-0.2, -0.15) is 0 Å².